The monoisotopic (exact) mass is 413 g/mol. The number of ether oxygens (including phenoxy) is 2. The average Bonchev–Trinajstić information content (AvgIpc) is 3.56. The van der Waals surface area contributed by atoms with Crippen LogP contribution in [0.4, 0.5) is 0 Å². The van der Waals surface area contributed by atoms with Gasteiger partial charge in [-0.1, -0.05) is 12.8 Å². The van der Waals surface area contributed by atoms with E-state index >= 15 is 0 Å². The first kappa shape index (κ1) is 20.8. The number of fused-ring (bicyclic) bond motifs is 1. The molecule has 2 amide bonds. The minimum absolute atomic E-state index is 0.0870. The highest BCUT2D eigenvalue weighted by atomic mass is 16.5. The molecule has 0 bridgehead atoms. The zero-order valence-electron chi connectivity index (χ0n) is 17.9. The van der Waals surface area contributed by atoms with Crippen molar-refractivity contribution in [2.75, 3.05) is 27.3 Å². The molecule has 0 aromatic rings. The van der Waals surface area contributed by atoms with E-state index in [2.05, 4.69) is 23.5 Å². The van der Waals surface area contributed by atoms with Crippen molar-refractivity contribution in [3.63, 3.8) is 0 Å². The van der Waals surface area contributed by atoms with Crippen molar-refractivity contribution in [1.29, 1.82) is 5.26 Å². The van der Waals surface area contributed by atoms with Gasteiger partial charge in [-0.05, 0) is 50.2 Å². The van der Waals surface area contributed by atoms with Crippen LogP contribution in [0.15, 0.2) is 23.7 Å². The Balaban J connectivity index is 1.44. The van der Waals surface area contributed by atoms with Crippen molar-refractivity contribution >= 4 is 11.8 Å². The molecule has 2 saturated carbocycles. The van der Waals surface area contributed by atoms with Crippen LogP contribution >= 0.6 is 0 Å². The Morgan fingerprint density at radius 1 is 1.07 bits per heavy atom. The van der Waals surface area contributed by atoms with Gasteiger partial charge in [0.1, 0.15) is 5.54 Å². The first-order valence-corrected chi connectivity index (χ1v) is 11.0. The molecule has 3 fully saturated rings. The summed E-state index contributed by atoms with van der Waals surface area (Å²) in [6, 6.07) is 2.22. The number of rotatable bonds is 5. The number of piperidine rings is 1. The number of nitrogens with zero attached hydrogens (tertiary/aromatic N) is 2. The number of amides is 2. The molecule has 7 nitrogen and oxygen atoms in total. The van der Waals surface area contributed by atoms with Crippen LogP contribution in [0.2, 0.25) is 0 Å². The summed E-state index contributed by atoms with van der Waals surface area (Å²) in [7, 11) is 3.27. The van der Waals surface area contributed by atoms with Gasteiger partial charge >= 0.3 is 0 Å². The van der Waals surface area contributed by atoms with E-state index in [1.165, 1.54) is 0 Å². The van der Waals surface area contributed by atoms with Gasteiger partial charge in [0.15, 0.2) is 11.5 Å². The standard InChI is InChI=1S/C23H31N3O4/c1-29-19-11-15-7-10-26(13-16(15)12-20(19)30-2)22(28)18-6-4-3-5-17(18)21(27)25-23(14-24)8-9-23/h11-12,15-18H,3-10,13H2,1-2H3,(H,25,27)/t15?,16?,17-,18-/m1/s1. The van der Waals surface area contributed by atoms with E-state index in [0.29, 0.717) is 37.6 Å². The van der Waals surface area contributed by atoms with E-state index in [0.717, 1.165) is 37.9 Å². The van der Waals surface area contributed by atoms with Gasteiger partial charge in [0, 0.05) is 30.8 Å². The van der Waals surface area contributed by atoms with Crippen LogP contribution in [-0.2, 0) is 19.1 Å². The molecule has 1 heterocycles. The van der Waals surface area contributed by atoms with E-state index < -0.39 is 5.54 Å². The summed E-state index contributed by atoms with van der Waals surface area (Å²) in [5.41, 5.74) is -0.685. The molecule has 7 heteroatoms. The topological polar surface area (TPSA) is 91.7 Å². The summed E-state index contributed by atoms with van der Waals surface area (Å²) < 4.78 is 10.9. The average molecular weight is 414 g/mol. The summed E-state index contributed by atoms with van der Waals surface area (Å²) in [6.07, 6.45) is 9.86. The van der Waals surface area contributed by atoms with Crippen molar-refractivity contribution < 1.29 is 19.1 Å². The molecule has 3 aliphatic carbocycles. The SMILES string of the molecule is COC1=CC2CCN(C(=O)[C@@H]3CCCC[C@H]3C(=O)NC3(C#N)CC3)CC2C=C1OC. The lowest BCUT2D eigenvalue weighted by Gasteiger charge is -2.41. The molecule has 0 aromatic heterocycles. The van der Waals surface area contributed by atoms with Crippen molar-refractivity contribution in [2.24, 2.45) is 23.7 Å². The number of allylic oxidation sites excluding steroid dienone is 1. The molecule has 2 unspecified atom stereocenters. The number of hydrogen-bond donors (Lipinski definition) is 1. The lowest BCUT2D eigenvalue weighted by Crippen LogP contribution is -2.51. The molecule has 0 aromatic carbocycles. The molecule has 4 rings (SSSR count). The third-order valence-corrected chi connectivity index (χ3v) is 7.19. The number of likely N-dealkylation sites (tertiary alicyclic amines) is 1. The molecule has 1 N–H and O–H groups in total. The number of methoxy groups -OCH3 is 2. The Morgan fingerprint density at radius 3 is 2.30 bits per heavy atom. The molecule has 4 aliphatic rings. The Hall–Kier alpha value is -2.49. The van der Waals surface area contributed by atoms with E-state index in [4.69, 9.17) is 9.47 Å². The van der Waals surface area contributed by atoms with E-state index in [1.807, 2.05) is 4.90 Å². The maximum Gasteiger partial charge on any atom is 0.226 e. The highest BCUT2D eigenvalue weighted by Crippen LogP contribution is 2.39. The maximum atomic E-state index is 13.5. The summed E-state index contributed by atoms with van der Waals surface area (Å²) >= 11 is 0. The molecule has 4 atom stereocenters. The lowest BCUT2D eigenvalue weighted by atomic mass is 9.76. The van der Waals surface area contributed by atoms with Crippen LogP contribution in [0.5, 0.6) is 0 Å². The van der Waals surface area contributed by atoms with Gasteiger partial charge in [0.25, 0.3) is 0 Å². The van der Waals surface area contributed by atoms with E-state index in [-0.39, 0.29) is 29.6 Å². The fourth-order valence-corrected chi connectivity index (χ4v) is 5.17. The molecular weight excluding hydrogens is 382 g/mol. The molecule has 30 heavy (non-hydrogen) atoms. The largest absolute Gasteiger partial charge is 0.493 e. The molecule has 1 aliphatic heterocycles. The number of nitriles is 1. The van der Waals surface area contributed by atoms with Crippen molar-refractivity contribution in [3.8, 4) is 6.07 Å². The Morgan fingerprint density at radius 2 is 1.70 bits per heavy atom. The first-order valence-electron chi connectivity index (χ1n) is 11.0. The second-order valence-corrected chi connectivity index (χ2v) is 9.05. The number of nitrogens with one attached hydrogen (secondary N) is 1. The molecule has 1 saturated heterocycles. The number of carbonyl (C=O) groups excluding carboxylic acids is 2. The predicted molar refractivity (Wildman–Crippen MR) is 110 cm³/mol. The Kier molecular flexibility index (Phi) is 5.77. The van der Waals surface area contributed by atoms with Crippen LogP contribution in [0.25, 0.3) is 0 Å². The molecule has 162 valence electrons. The third kappa shape index (κ3) is 3.92. The van der Waals surface area contributed by atoms with Crippen LogP contribution in [0, 0.1) is 35.0 Å². The summed E-state index contributed by atoms with van der Waals surface area (Å²) in [4.78, 5) is 28.3. The minimum atomic E-state index is -0.685. The maximum absolute atomic E-state index is 13.5. The lowest BCUT2D eigenvalue weighted by molar-refractivity contribution is -0.145. The normalized spacial score (nSPS) is 32.0. The number of hydrogen-bond acceptors (Lipinski definition) is 5. The van der Waals surface area contributed by atoms with Crippen LogP contribution in [-0.4, -0.2) is 49.6 Å². The first-order chi connectivity index (χ1) is 14.5. The molecule has 0 spiro atoms. The summed E-state index contributed by atoms with van der Waals surface area (Å²) in [5.74, 6) is 1.36. The van der Waals surface area contributed by atoms with Crippen molar-refractivity contribution in [2.45, 2.75) is 50.5 Å². The number of carbonyl (C=O) groups is 2. The van der Waals surface area contributed by atoms with Gasteiger partial charge < -0.3 is 19.7 Å². The Labute approximate surface area is 178 Å². The van der Waals surface area contributed by atoms with Gasteiger partial charge in [-0.25, -0.2) is 0 Å². The second kappa shape index (κ2) is 8.33. The van der Waals surface area contributed by atoms with Crippen molar-refractivity contribution in [3.05, 3.63) is 23.7 Å². The summed E-state index contributed by atoms with van der Waals surface area (Å²) in [6.45, 7) is 1.33. The highest BCUT2D eigenvalue weighted by Gasteiger charge is 2.48. The fraction of sp³-hybridized carbons (Fsp3) is 0.696. The van der Waals surface area contributed by atoms with Gasteiger partial charge in [0.2, 0.25) is 11.8 Å². The van der Waals surface area contributed by atoms with E-state index in [9.17, 15) is 14.9 Å². The molecule has 0 radical (unpaired) electrons. The van der Waals surface area contributed by atoms with Crippen LogP contribution in [0.1, 0.15) is 44.9 Å². The van der Waals surface area contributed by atoms with Crippen molar-refractivity contribution in [1.82, 2.24) is 10.2 Å². The minimum Gasteiger partial charge on any atom is -0.493 e. The van der Waals surface area contributed by atoms with Gasteiger partial charge in [-0.2, -0.15) is 5.26 Å². The zero-order valence-corrected chi connectivity index (χ0v) is 17.9. The summed E-state index contributed by atoms with van der Waals surface area (Å²) in [5, 5.41) is 12.2. The zero-order chi connectivity index (χ0) is 21.3. The quantitative estimate of drug-likeness (QED) is 0.748. The third-order valence-electron chi connectivity index (χ3n) is 7.19. The van der Waals surface area contributed by atoms with E-state index in [1.54, 1.807) is 14.2 Å². The second-order valence-electron chi connectivity index (χ2n) is 9.05. The fourth-order valence-electron chi connectivity index (χ4n) is 5.17. The molecular formula is C23H31N3O4. The van der Waals surface area contributed by atoms with Crippen LogP contribution in [0.3, 0.4) is 0 Å². The highest BCUT2D eigenvalue weighted by molar-refractivity contribution is 5.88. The van der Waals surface area contributed by atoms with Crippen LogP contribution < -0.4 is 5.32 Å². The smallest absolute Gasteiger partial charge is 0.226 e. The Bertz CT molecular complexity index is 808. The van der Waals surface area contributed by atoms with Gasteiger partial charge in [-0.3, -0.25) is 9.59 Å². The van der Waals surface area contributed by atoms with Gasteiger partial charge in [0.05, 0.1) is 20.3 Å². The predicted octanol–water partition coefficient (Wildman–Crippen LogP) is 2.50. The van der Waals surface area contributed by atoms with Gasteiger partial charge in [-0.15, -0.1) is 0 Å².